The number of carbonyl (C=O) groups is 1. The predicted octanol–water partition coefficient (Wildman–Crippen LogP) is 4.73. The van der Waals surface area contributed by atoms with Crippen molar-refractivity contribution in [2.45, 2.75) is 6.18 Å². The normalized spacial score (nSPS) is 11.4. The summed E-state index contributed by atoms with van der Waals surface area (Å²) in [5.41, 5.74) is -2.06. The Bertz CT molecular complexity index is 664. The Hall–Kier alpha value is -1.88. The fourth-order valence-electron chi connectivity index (χ4n) is 1.74. The van der Waals surface area contributed by atoms with Crippen molar-refractivity contribution < 1.29 is 22.4 Å². The number of rotatable bonds is 2. The summed E-state index contributed by atoms with van der Waals surface area (Å²) in [5, 5.41) is 0.00915. The Morgan fingerprint density at radius 2 is 1.65 bits per heavy atom. The van der Waals surface area contributed by atoms with Gasteiger partial charge in [0.1, 0.15) is 5.82 Å². The van der Waals surface area contributed by atoms with Crippen molar-refractivity contribution in [3.05, 3.63) is 70.0 Å². The van der Waals surface area contributed by atoms with Gasteiger partial charge in [-0.2, -0.15) is 13.2 Å². The van der Waals surface area contributed by atoms with Gasteiger partial charge in [0.15, 0.2) is 5.78 Å². The number of alkyl halides is 3. The van der Waals surface area contributed by atoms with Gasteiger partial charge < -0.3 is 0 Å². The van der Waals surface area contributed by atoms with Crippen LogP contribution in [0.4, 0.5) is 17.6 Å². The Morgan fingerprint density at radius 3 is 2.25 bits per heavy atom. The molecule has 6 heteroatoms. The van der Waals surface area contributed by atoms with Crippen LogP contribution in [0.25, 0.3) is 0 Å². The van der Waals surface area contributed by atoms with E-state index >= 15 is 0 Å². The molecule has 104 valence electrons. The molecule has 0 aliphatic carbocycles. The molecule has 0 bridgehead atoms. The topological polar surface area (TPSA) is 17.1 Å². The third-order valence-electron chi connectivity index (χ3n) is 2.65. The van der Waals surface area contributed by atoms with Crippen molar-refractivity contribution in [3.8, 4) is 0 Å². The molecule has 2 aromatic rings. The summed E-state index contributed by atoms with van der Waals surface area (Å²) < 4.78 is 51.7. The number of carbonyl (C=O) groups excluding carboxylic acids is 1. The highest BCUT2D eigenvalue weighted by Gasteiger charge is 2.35. The molecule has 0 aromatic heterocycles. The minimum absolute atomic E-state index is 0.00915. The van der Waals surface area contributed by atoms with Crippen LogP contribution in [-0.4, -0.2) is 5.78 Å². The monoisotopic (exact) mass is 302 g/mol. The first-order valence-electron chi connectivity index (χ1n) is 5.46. The fourth-order valence-corrected chi connectivity index (χ4v) is 1.96. The Kier molecular flexibility index (Phi) is 3.81. The maximum atomic E-state index is 13.2. The molecular formula is C14H7ClF4O. The summed E-state index contributed by atoms with van der Waals surface area (Å²) in [6, 6.07) is 7.43. The van der Waals surface area contributed by atoms with E-state index in [9.17, 15) is 22.4 Å². The molecule has 2 rings (SSSR count). The average Bonchev–Trinajstić information content (AvgIpc) is 2.37. The van der Waals surface area contributed by atoms with Gasteiger partial charge in [0.2, 0.25) is 0 Å². The van der Waals surface area contributed by atoms with E-state index in [1.54, 1.807) is 0 Å². The largest absolute Gasteiger partial charge is 0.417 e. The van der Waals surface area contributed by atoms with Gasteiger partial charge in [0, 0.05) is 11.1 Å². The molecule has 0 saturated carbocycles. The van der Waals surface area contributed by atoms with E-state index in [-0.39, 0.29) is 10.6 Å². The molecule has 0 unspecified atom stereocenters. The highest BCUT2D eigenvalue weighted by atomic mass is 35.5. The van der Waals surface area contributed by atoms with Crippen molar-refractivity contribution in [1.29, 1.82) is 0 Å². The minimum Gasteiger partial charge on any atom is -0.289 e. The van der Waals surface area contributed by atoms with Gasteiger partial charge in [0.25, 0.3) is 0 Å². The van der Waals surface area contributed by atoms with Gasteiger partial charge in [-0.1, -0.05) is 23.7 Å². The summed E-state index contributed by atoms with van der Waals surface area (Å²) in [4.78, 5) is 12.1. The zero-order chi connectivity index (χ0) is 14.9. The second-order valence-electron chi connectivity index (χ2n) is 4.00. The number of halogens is 5. The third-order valence-corrected chi connectivity index (χ3v) is 2.98. The number of benzene rings is 2. The van der Waals surface area contributed by atoms with Crippen LogP contribution in [0.5, 0.6) is 0 Å². The van der Waals surface area contributed by atoms with Crippen LogP contribution in [0.1, 0.15) is 21.5 Å². The summed E-state index contributed by atoms with van der Waals surface area (Å²) in [5.74, 6) is -1.89. The highest BCUT2D eigenvalue weighted by Crippen LogP contribution is 2.34. The van der Waals surface area contributed by atoms with Crippen molar-refractivity contribution >= 4 is 17.4 Å². The maximum absolute atomic E-state index is 13.2. The lowest BCUT2D eigenvalue weighted by atomic mass is 9.98. The zero-order valence-electron chi connectivity index (χ0n) is 9.84. The maximum Gasteiger partial charge on any atom is 0.417 e. The van der Waals surface area contributed by atoms with Crippen LogP contribution < -0.4 is 0 Å². The van der Waals surface area contributed by atoms with Crippen molar-refractivity contribution in [3.63, 3.8) is 0 Å². The number of hydrogen-bond donors (Lipinski definition) is 0. The molecule has 0 N–H and O–H groups in total. The van der Waals surface area contributed by atoms with Crippen molar-refractivity contribution in [2.75, 3.05) is 0 Å². The van der Waals surface area contributed by atoms with E-state index in [0.29, 0.717) is 18.2 Å². The summed E-state index contributed by atoms with van der Waals surface area (Å²) in [7, 11) is 0. The van der Waals surface area contributed by atoms with Crippen molar-refractivity contribution in [2.24, 2.45) is 0 Å². The summed E-state index contributed by atoms with van der Waals surface area (Å²) in [6.07, 6.45) is -4.75. The van der Waals surface area contributed by atoms with E-state index in [2.05, 4.69) is 0 Å². The van der Waals surface area contributed by atoms with Crippen LogP contribution in [0, 0.1) is 5.82 Å². The number of ketones is 1. The molecule has 20 heavy (non-hydrogen) atoms. The molecule has 0 amide bonds. The molecule has 2 aromatic carbocycles. The van der Waals surface area contributed by atoms with E-state index in [1.807, 2.05) is 0 Å². The smallest absolute Gasteiger partial charge is 0.289 e. The Balaban J connectivity index is 2.61. The fraction of sp³-hybridized carbons (Fsp3) is 0.0714. The summed E-state index contributed by atoms with van der Waals surface area (Å²) >= 11 is 5.78. The lowest BCUT2D eigenvalue weighted by Crippen LogP contribution is -2.14. The molecule has 1 nitrogen and oxygen atoms in total. The molecule has 0 heterocycles. The predicted molar refractivity (Wildman–Crippen MR) is 66.3 cm³/mol. The molecular weight excluding hydrogens is 296 g/mol. The number of hydrogen-bond acceptors (Lipinski definition) is 1. The first-order valence-corrected chi connectivity index (χ1v) is 5.84. The van der Waals surface area contributed by atoms with Gasteiger partial charge in [-0.15, -0.1) is 0 Å². The van der Waals surface area contributed by atoms with Gasteiger partial charge in [-0.25, -0.2) is 4.39 Å². The molecule has 0 aliphatic heterocycles. The molecule has 0 spiro atoms. The Morgan fingerprint density at radius 1 is 1.00 bits per heavy atom. The standard InChI is InChI=1S/C14H7ClF4O/c15-12-4-2-1-3-9(12)13(20)10-7-8(16)5-6-11(10)14(17,18)19/h1-7H. The minimum atomic E-state index is -4.75. The van der Waals surface area contributed by atoms with Crippen molar-refractivity contribution in [1.82, 2.24) is 0 Å². The average molecular weight is 303 g/mol. The van der Waals surface area contributed by atoms with Crippen LogP contribution in [0.15, 0.2) is 42.5 Å². The molecule has 0 aliphatic rings. The second-order valence-corrected chi connectivity index (χ2v) is 4.40. The van der Waals surface area contributed by atoms with E-state index in [0.717, 1.165) is 0 Å². The first-order chi connectivity index (χ1) is 9.30. The zero-order valence-corrected chi connectivity index (χ0v) is 10.6. The molecule has 0 radical (unpaired) electrons. The van der Waals surface area contributed by atoms with Gasteiger partial charge >= 0.3 is 6.18 Å². The van der Waals surface area contributed by atoms with Gasteiger partial charge in [0.05, 0.1) is 10.6 Å². The SMILES string of the molecule is O=C(c1ccccc1Cl)c1cc(F)ccc1C(F)(F)F. The van der Waals surface area contributed by atoms with Crippen LogP contribution in [0.3, 0.4) is 0 Å². The van der Waals surface area contributed by atoms with E-state index in [1.165, 1.54) is 24.3 Å². The quantitative estimate of drug-likeness (QED) is 0.579. The van der Waals surface area contributed by atoms with E-state index in [4.69, 9.17) is 11.6 Å². The third kappa shape index (κ3) is 2.82. The van der Waals surface area contributed by atoms with Crippen LogP contribution in [0.2, 0.25) is 5.02 Å². The molecule has 0 fully saturated rings. The van der Waals surface area contributed by atoms with Crippen LogP contribution >= 0.6 is 11.6 Å². The van der Waals surface area contributed by atoms with Gasteiger partial charge in [-0.3, -0.25) is 4.79 Å². The Labute approximate surface area is 116 Å². The first kappa shape index (κ1) is 14.5. The summed E-state index contributed by atoms with van der Waals surface area (Å²) in [6.45, 7) is 0. The lowest BCUT2D eigenvalue weighted by molar-refractivity contribution is -0.137. The molecule has 0 saturated heterocycles. The molecule has 0 atom stereocenters. The highest BCUT2D eigenvalue weighted by molar-refractivity contribution is 6.35. The van der Waals surface area contributed by atoms with Crippen LogP contribution in [-0.2, 0) is 6.18 Å². The lowest BCUT2D eigenvalue weighted by Gasteiger charge is -2.12. The van der Waals surface area contributed by atoms with E-state index < -0.39 is 28.9 Å². The second kappa shape index (κ2) is 5.25. The van der Waals surface area contributed by atoms with Gasteiger partial charge in [-0.05, 0) is 30.3 Å².